The van der Waals surface area contributed by atoms with E-state index in [1.54, 1.807) is 19.1 Å². The first-order chi connectivity index (χ1) is 12.6. The molecule has 4 rings (SSSR count). The average Bonchev–Trinajstić information content (AvgIpc) is 3.09. The van der Waals surface area contributed by atoms with E-state index in [9.17, 15) is 9.18 Å². The Bertz CT molecular complexity index is 954. The smallest absolute Gasteiger partial charge is 0.231 e. The molecule has 0 saturated carbocycles. The molecule has 1 N–H and O–H groups in total. The monoisotopic (exact) mass is 353 g/mol. The maximum Gasteiger partial charge on any atom is 0.231 e. The second-order valence-electron chi connectivity index (χ2n) is 6.67. The summed E-state index contributed by atoms with van der Waals surface area (Å²) in [6.45, 7) is 3.11. The van der Waals surface area contributed by atoms with Gasteiger partial charge in [0.15, 0.2) is 5.65 Å². The summed E-state index contributed by atoms with van der Waals surface area (Å²) in [6.07, 6.45) is 3.65. The van der Waals surface area contributed by atoms with Crippen LogP contribution in [-0.4, -0.2) is 33.6 Å². The van der Waals surface area contributed by atoms with E-state index in [2.05, 4.69) is 20.4 Å². The quantitative estimate of drug-likeness (QED) is 0.786. The number of hydrogen-bond acceptors (Lipinski definition) is 4. The van der Waals surface area contributed by atoms with Crippen LogP contribution in [0.3, 0.4) is 0 Å². The van der Waals surface area contributed by atoms with Crippen molar-refractivity contribution in [3.63, 3.8) is 0 Å². The summed E-state index contributed by atoms with van der Waals surface area (Å²) in [7, 11) is 0. The lowest BCUT2D eigenvalue weighted by Crippen LogP contribution is -2.41. The van der Waals surface area contributed by atoms with E-state index in [0.717, 1.165) is 31.0 Å². The van der Waals surface area contributed by atoms with Gasteiger partial charge in [0.05, 0.1) is 5.92 Å². The molecule has 1 aromatic carbocycles. The van der Waals surface area contributed by atoms with E-state index in [4.69, 9.17) is 0 Å². The van der Waals surface area contributed by atoms with Gasteiger partial charge in [-0.05, 0) is 55.7 Å². The molecule has 1 aliphatic heterocycles. The molecule has 0 bridgehead atoms. The highest BCUT2D eigenvalue weighted by atomic mass is 19.1. The summed E-state index contributed by atoms with van der Waals surface area (Å²) in [5.74, 6) is 0.293. The van der Waals surface area contributed by atoms with E-state index < -0.39 is 0 Å². The van der Waals surface area contributed by atoms with Crippen molar-refractivity contribution in [1.82, 2.24) is 14.6 Å². The van der Waals surface area contributed by atoms with Crippen molar-refractivity contribution in [2.24, 2.45) is 5.92 Å². The van der Waals surface area contributed by atoms with E-state index in [0.29, 0.717) is 17.8 Å². The van der Waals surface area contributed by atoms with Gasteiger partial charge in [0, 0.05) is 25.0 Å². The summed E-state index contributed by atoms with van der Waals surface area (Å²) in [6, 6.07) is 10.4. The third kappa shape index (κ3) is 3.12. The molecule has 2 aromatic heterocycles. The van der Waals surface area contributed by atoms with Crippen molar-refractivity contribution < 1.29 is 9.18 Å². The van der Waals surface area contributed by atoms with Gasteiger partial charge in [-0.2, -0.15) is 0 Å². The molecule has 3 heterocycles. The zero-order valence-electron chi connectivity index (χ0n) is 14.5. The number of carbonyl (C=O) groups excluding carboxylic acids is 1. The zero-order chi connectivity index (χ0) is 18.1. The molecule has 26 heavy (non-hydrogen) atoms. The third-order valence-corrected chi connectivity index (χ3v) is 4.80. The second kappa shape index (κ2) is 6.74. The van der Waals surface area contributed by atoms with Gasteiger partial charge in [0.25, 0.3) is 0 Å². The van der Waals surface area contributed by atoms with Crippen LogP contribution in [-0.2, 0) is 4.79 Å². The number of halogens is 1. The van der Waals surface area contributed by atoms with Crippen LogP contribution in [0.4, 0.5) is 16.0 Å². The number of fused-ring (bicyclic) bond motifs is 1. The van der Waals surface area contributed by atoms with Gasteiger partial charge >= 0.3 is 0 Å². The van der Waals surface area contributed by atoms with Crippen molar-refractivity contribution in [2.75, 3.05) is 23.3 Å². The number of amides is 1. The Hall–Kier alpha value is -2.96. The molecule has 0 aliphatic carbocycles. The Balaban J connectivity index is 1.49. The first kappa shape index (κ1) is 16.5. The largest absolute Gasteiger partial charge is 0.340 e. The van der Waals surface area contributed by atoms with E-state index in [-0.39, 0.29) is 17.6 Å². The molecule has 1 saturated heterocycles. The Morgan fingerprint density at radius 1 is 1.27 bits per heavy atom. The van der Waals surface area contributed by atoms with Gasteiger partial charge < -0.3 is 10.2 Å². The van der Waals surface area contributed by atoms with Crippen molar-refractivity contribution >= 4 is 23.2 Å². The highest BCUT2D eigenvalue weighted by Crippen LogP contribution is 2.24. The molecule has 0 unspecified atom stereocenters. The number of carbonyl (C=O) groups is 1. The van der Waals surface area contributed by atoms with Gasteiger partial charge in [0.1, 0.15) is 5.82 Å². The van der Waals surface area contributed by atoms with Crippen LogP contribution in [0, 0.1) is 18.7 Å². The maximum absolute atomic E-state index is 13.4. The highest BCUT2D eigenvalue weighted by Gasteiger charge is 2.28. The fourth-order valence-electron chi connectivity index (χ4n) is 3.38. The lowest BCUT2D eigenvalue weighted by atomic mass is 9.97. The predicted molar refractivity (Wildman–Crippen MR) is 97.7 cm³/mol. The zero-order valence-corrected chi connectivity index (χ0v) is 14.5. The molecule has 3 aromatic rings. The van der Waals surface area contributed by atoms with Crippen LogP contribution in [0.2, 0.25) is 0 Å². The molecule has 1 aliphatic rings. The van der Waals surface area contributed by atoms with Crippen molar-refractivity contribution in [3.05, 3.63) is 54.0 Å². The SMILES string of the molecule is Cc1cc(NC(=O)[C@H]2CCCN(c3nnc4ccccn34)C2)ccc1F. The molecule has 1 fully saturated rings. The van der Waals surface area contributed by atoms with Gasteiger partial charge in [-0.25, -0.2) is 4.39 Å². The number of pyridine rings is 1. The van der Waals surface area contributed by atoms with Crippen LogP contribution < -0.4 is 10.2 Å². The van der Waals surface area contributed by atoms with E-state index in [1.807, 2.05) is 28.8 Å². The van der Waals surface area contributed by atoms with Crippen LogP contribution in [0.15, 0.2) is 42.6 Å². The number of aromatic nitrogens is 3. The Morgan fingerprint density at radius 3 is 3.00 bits per heavy atom. The predicted octanol–water partition coefficient (Wildman–Crippen LogP) is 3.03. The van der Waals surface area contributed by atoms with Crippen molar-refractivity contribution in [3.8, 4) is 0 Å². The summed E-state index contributed by atoms with van der Waals surface area (Å²) in [5.41, 5.74) is 1.93. The van der Waals surface area contributed by atoms with Gasteiger partial charge in [-0.3, -0.25) is 9.20 Å². The van der Waals surface area contributed by atoms with Gasteiger partial charge in [-0.15, -0.1) is 10.2 Å². The number of benzene rings is 1. The topological polar surface area (TPSA) is 62.5 Å². The van der Waals surface area contributed by atoms with Crippen LogP contribution in [0.25, 0.3) is 5.65 Å². The lowest BCUT2D eigenvalue weighted by molar-refractivity contribution is -0.120. The standard InChI is InChI=1S/C19H20FN5O/c1-13-11-15(7-8-16(13)20)21-18(26)14-5-4-9-24(12-14)19-23-22-17-6-2-3-10-25(17)19/h2-3,6-8,10-11,14H,4-5,9,12H2,1H3,(H,21,26)/t14-/m0/s1. The van der Waals surface area contributed by atoms with Gasteiger partial charge in [0.2, 0.25) is 11.9 Å². The molecular weight excluding hydrogens is 333 g/mol. The summed E-state index contributed by atoms with van der Waals surface area (Å²) in [5, 5.41) is 11.4. The number of anilines is 2. The Labute approximate surface area is 150 Å². The fraction of sp³-hybridized carbons (Fsp3) is 0.316. The van der Waals surface area contributed by atoms with E-state index >= 15 is 0 Å². The Morgan fingerprint density at radius 2 is 2.15 bits per heavy atom. The molecule has 6 nitrogen and oxygen atoms in total. The van der Waals surface area contributed by atoms with Crippen LogP contribution in [0.5, 0.6) is 0 Å². The molecule has 0 spiro atoms. The second-order valence-corrected chi connectivity index (χ2v) is 6.67. The minimum Gasteiger partial charge on any atom is -0.340 e. The first-order valence-corrected chi connectivity index (χ1v) is 8.73. The molecule has 134 valence electrons. The molecule has 1 amide bonds. The number of aryl methyl sites for hydroxylation is 1. The minimum atomic E-state index is -0.273. The summed E-state index contributed by atoms with van der Waals surface area (Å²) < 4.78 is 15.3. The van der Waals surface area contributed by atoms with E-state index in [1.165, 1.54) is 6.07 Å². The first-order valence-electron chi connectivity index (χ1n) is 8.73. The number of rotatable bonds is 3. The summed E-state index contributed by atoms with van der Waals surface area (Å²) >= 11 is 0. The van der Waals surface area contributed by atoms with Crippen LogP contribution >= 0.6 is 0 Å². The fourth-order valence-corrected chi connectivity index (χ4v) is 3.38. The number of nitrogens with zero attached hydrogens (tertiary/aromatic N) is 4. The number of nitrogens with one attached hydrogen (secondary N) is 1. The molecule has 0 radical (unpaired) electrons. The third-order valence-electron chi connectivity index (χ3n) is 4.80. The van der Waals surface area contributed by atoms with Crippen LogP contribution in [0.1, 0.15) is 18.4 Å². The highest BCUT2D eigenvalue weighted by molar-refractivity contribution is 5.93. The maximum atomic E-state index is 13.4. The molecule has 7 heteroatoms. The number of piperidine rings is 1. The van der Waals surface area contributed by atoms with Gasteiger partial charge in [-0.1, -0.05) is 6.07 Å². The average molecular weight is 353 g/mol. The molecule has 1 atom stereocenters. The minimum absolute atomic E-state index is 0.0467. The summed E-state index contributed by atoms with van der Waals surface area (Å²) in [4.78, 5) is 14.8. The molecular formula is C19H20FN5O. The van der Waals surface area contributed by atoms with Crippen molar-refractivity contribution in [1.29, 1.82) is 0 Å². The Kier molecular flexibility index (Phi) is 4.28. The normalized spacial score (nSPS) is 17.5. The van der Waals surface area contributed by atoms with Crippen molar-refractivity contribution in [2.45, 2.75) is 19.8 Å². The lowest BCUT2D eigenvalue weighted by Gasteiger charge is -2.32. The number of hydrogen-bond donors (Lipinski definition) is 1.